The molecule has 0 heterocycles. The van der Waals surface area contributed by atoms with Crippen LogP contribution in [0.25, 0.3) is 0 Å². The number of rotatable bonds is 6. The number of likely N-dealkylation sites (N-methyl/N-ethyl adjacent to an activating group) is 1. The molecule has 0 saturated heterocycles. The van der Waals surface area contributed by atoms with E-state index in [9.17, 15) is 9.59 Å². The van der Waals surface area contributed by atoms with E-state index in [-0.39, 0.29) is 23.7 Å². The highest BCUT2D eigenvalue weighted by Crippen LogP contribution is 2.26. The normalized spacial score (nSPS) is 20.8. The topological polar surface area (TPSA) is 84.2 Å². The Labute approximate surface area is 122 Å². The van der Waals surface area contributed by atoms with Gasteiger partial charge in [0.25, 0.3) is 0 Å². The summed E-state index contributed by atoms with van der Waals surface area (Å²) in [6.07, 6.45) is 6.32. The lowest BCUT2D eigenvalue weighted by Gasteiger charge is -2.31. The number of hydrogen-bond acceptors (Lipinski definition) is 3. The van der Waals surface area contributed by atoms with Gasteiger partial charge in [0, 0.05) is 7.05 Å². The maximum atomic E-state index is 12.2. The fraction of sp³-hybridized carbons (Fsp3) is 0.867. The minimum absolute atomic E-state index is 0.110. The lowest BCUT2D eigenvalue weighted by molar-refractivity contribution is -0.131. The summed E-state index contributed by atoms with van der Waals surface area (Å²) in [5.41, 5.74) is 5.95. The number of carbonyl (C=O) groups is 2. The zero-order valence-corrected chi connectivity index (χ0v) is 12.9. The van der Waals surface area contributed by atoms with Crippen molar-refractivity contribution < 1.29 is 9.59 Å². The largest absolute Gasteiger partial charge is 0.357 e. The summed E-state index contributed by atoms with van der Waals surface area (Å²) < 4.78 is 0. The molecule has 5 nitrogen and oxygen atoms in total. The molecule has 20 heavy (non-hydrogen) atoms. The summed E-state index contributed by atoms with van der Waals surface area (Å²) in [5.74, 6) is 0.0311. The van der Waals surface area contributed by atoms with Gasteiger partial charge in [-0.2, -0.15) is 0 Å². The van der Waals surface area contributed by atoms with Crippen molar-refractivity contribution in [2.24, 2.45) is 17.6 Å². The van der Waals surface area contributed by atoms with Crippen LogP contribution in [0.5, 0.6) is 0 Å². The Morgan fingerprint density at radius 3 is 2.30 bits per heavy atom. The van der Waals surface area contributed by atoms with E-state index in [4.69, 9.17) is 5.73 Å². The minimum atomic E-state index is -0.546. The van der Waals surface area contributed by atoms with Gasteiger partial charge in [-0.1, -0.05) is 39.5 Å². The summed E-state index contributed by atoms with van der Waals surface area (Å²) >= 11 is 0. The summed E-state index contributed by atoms with van der Waals surface area (Å²) in [4.78, 5) is 24.2. The summed E-state index contributed by atoms with van der Waals surface area (Å²) in [5, 5.41) is 5.53. The molecule has 4 N–H and O–H groups in total. The van der Waals surface area contributed by atoms with E-state index >= 15 is 0 Å². The second-order valence-corrected chi connectivity index (χ2v) is 5.91. The van der Waals surface area contributed by atoms with Crippen molar-refractivity contribution in [3.63, 3.8) is 0 Å². The SMILES string of the molecule is CC[C@H](C)[C@H](N)C(=O)N[C@H](C(=O)NC)C1CCCCC1. The summed E-state index contributed by atoms with van der Waals surface area (Å²) in [6, 6.07) is -0.987. The van der Waals surface area contributed by atoms with Crippen LogP contribution >= 0.6 is 0 Å². The summed E-state index contributed by atoms with van der Waals surface area (Å²) in [6.45, 7) is 3.97. The van der Waals surface area contributed by atoms with Crippen molar-refractivity contribution in [2.75, 3.05) is 7.05 Å². The highest BCUT2D eigenvalue weighted by molar-refractivity contribution is 5.89. The van der Waals surface area contributed by atoms with E-state index in [0.717, 1.165) is 32.1 Å². The molecule has 1 rings (SSSR count). The van der Waals surface area contributed by atoms with Crippen LogP contribution in [0.4, 0.5) is 0 Å². The number of nitrogens with one attached hydrogen (secondary N) is 2. The third-order valence-corrected chi connectivity index (χ3v) is 4.51. The lowest BCUT2D eigenvalue weighted by atomic mass is 9.83. The molecule has 0 aliphatic heterocycles. The van der Waals surface area contributed by atoms with Crippen LogP contribution < -0.4 is 16.4 Å². The number of amides is 2. The molecule has 1 fully saturated rings. The summed E-state index contributed by atoms with van der Waals surface area (Å²) in [7, 11) is 1.61. The molecular formula is C15H29N3O2. The number of nitrogens with two attached hydrogens (primary N) is 1. The Kier molecular flexibility index (Phi) is 6.99. The van der Waals surface area contributed by atoms with Crippen molar-refractivity contribution in [1.29, 1.82) is 0 Å². The molecular weight excluding hydrogens is 254 g/mol. The third kappa shape index (κ3) is 4.47. The number of hydrogen-bond donors (Lipinski definition) is 3. The zero-order chi connectivity index (χ0) is 15.1. The molecule has 0 aromatic heterocycles. The van der Waals surface area contributed by atoms with Gasteiger partial charge in [0.2, 0.25) is 11.8 Å². The monoisotopic (exact) mass is 283 g/mol. The van der Waals surface area contributed by atoms with Crippen molar-refractivity contribution >= 4 is 11.8 Å². The number of carbonyl (C=O) groups excluding carboxylic acids is 2. The molecule has 1 saturated carbocycles. The van der Waals surface area contributed by atoms with Crippen LogP contribution in [0.1, 0.15) is 52.4 Å². The van der Waals surface area contributed by atoms with E-state index in [2.05, 4.69) is 10.6 Å². The first-order valence-electron chi connectivity index (χ1n) is 7.78. The molecule has 116 valence electrons. The smallest absolute Gasteiger partial charge is 0.242 e. The first-order chi connectivity index (χ1) is 9.51. The highest BCUT2D eigenvalue weighted by atomic mass is 16.2. The van der Waals surface area contributed by atoms with Gasteiger partial charge < -0.3 is 16.4 Å². The lowest BCUT2D eigenvalue weighted by Crippen LogP contribution is -2.55. The second kappa shape index (κ2) is 8.25. The fourth-order valence-corrected chi connectivity index (χ4v) is 2.78. The molecule has 0 aromatic carbocycles. The van der Waals surface area contributed by atoms with Crippen LogP contribution in [0.15, 0.2) is 0 Å². The van der Waals surface area contributed by atoms with Gasteiger partial charge in [0.15, 0.2) is 0 Å². The highest BCUT2D eigenvalue weighted by Gasteiger charge is 2.32. The van der Waals surface area contributed by atoms with Crippen LogP contribution in [0.2, 0.25) is 0 Å². The standard InChI is InChI=1S/C15H29N3O2/c1-4-10(2)12(16)14(19)18-13(15(20)17-3)11-8-6-5-7-9-11/h10-13H,4-9,16H2,1-3H3,(H,17,20)(H,18,19)/t10-,12-,13-/m0/s1. The van der Waals surface area contributed by atoms with Crippen LogP contribution in [-0.2, 0) is 9.59 Å². The Morgan fingerprint density at radius 1 is 1.20 bits per heavy atom. The Bertz CT molecular complexity index is 327. The van der Waals surface area contributed by atoms with Crippen LogP contribution in [0.3, 0.4) is 0 Å². The van der Waals surface area contributed by atoms with Gasteiger partial charge in [-0.3, -0.25) is 9.59 Å². The average molecular weight is 283 g/mol. The predicted molar refractivity (Wildman–Crippen MR) is 80.0 cm³/mol. The van der Waals surface area contributed by atoms with E-state index < -0.39 is 12.1 Å². The van der Waals surface area contributed by atoms with Gasteiger partial charge in [-0.05, 0) is 24.7 Å². The Balaban J connectivity index is 2.69. The first-order valence-corrected chi connectivity index (χ1v) is 7.78. The van der Waals surface area contributed by atoms with E-state index in [1.54, 1.807) is 7.05 Å². The molecule has 2 amide bonds. The third-order valence-electron chi connectivity index (χ3n) is 4.51. The molecule has 0 spiro atoms. The van der Waals surface area contributed by atoms with Crippen molar-refractivity contribution in [3.05, 3.63) is 0 Å². The molecule has 0 unspecified atom stereocenters. The minimum Gasteiger partial charge on any atom is -0.357 e. The van der Waals surface area contributed by atoms with Gasteiger partial charge in [0.1, 0.15) is 6.04 Å². The van der Waals surface area contributed by atoms with Gasteiger partial charge in [-0.25, -0.2) is 0 Å². The van der Waals surface area contributed by atoms with Crippen molar-refractivity contribution in [2.45, 2.75) is 64.5 Å². The van der Waals surface area contributed by atoms with Gasteiger partial charge in [0.05, 0.1) is 6.04 Å². The van der Waals surface area contributed by atoms with Crippen LogP contribution in [0, 0.1) is 11.8 Å². The van der Waals surface area contributed by atoms with E-state index in [0.29, 0.717) is 0 Å². The second-order valence-electron chi connectivity index (χ2n) is 5.91. The first kappa shape index (κ1) is 17.0. The Hall–Kier alpha value is -1.10. The molecule has 0 radical (unpaired) electrons. The zero-order valence-electron chi connectivity index (χ0n) is 12.9. The molecule has 5 heteroatoms. The van der Waals surface area contributed by atoms with E-state index in [1.165, 1.54) is 6.42 Å². The Morgan fingerprint density at radius 2 is 1.80 bits per heavy atom. The molecule has 1 aliphatic carbocycles. The average Bonchev–Trinajstić information content (AvgIpc) is 2.50. The predicted octanol–water partition coefficient (Wildman–Crippen LogP) is 1.17. The molecule has 0 bridgehead atoms. The maximum absolute atomic E-state index is 12.2. The van der Waals surface area contributed by atoms with Gasteiger partial charge >= 0.3 is 0 Å². The fourth-order valence-electron chi connectivity index (χ4n) is 2.78. The van der Waals surface area contributed by atoms with Gasteiger partial charge in [-0.15, -0.1) is 0 Å². The molecule has 1 aliphatic rings. The molecule has 3 atom stereocenters. The van der Waals surface area contributed by atoms with Crippen molar-refractivity contribution in [1.82, 2.24) is 10.6 Å². The van der Waals surface area contributed by atoms with E-state index in [1.807, 2.05) is 13.8 Å². The maximum Gasteiger partial charge on any atom is 0.242 e. The van der Waals surface area contributed by atoms with Crippen LogP contribution in [-0.4, -0.2) is 30.9 Å². The van der Waals surface area contributed by atoms with Crippen molar-refractivity contribution in [3.8, 4) is 0 Å². The quantitative estimate of drug-likeness (QED) is 0.684. The molecule has 0 aromatic rings.